The molecule has 2 aliphatic rings. The van der Waals surface area contributed by atoms with Crippen LogP contribution in [0.15, 0.2) is 241 Å². The zero-order chi connectivity index (χ0) is 42.6. The third-order valence-corrected chi connectivity index (χ3v) is 14.3. The Morgan fingerprint density at radius 1 is 0.292 bits per heavy atom. The molecule has 11 aromatic carbocycles. The van der Waals surface area contributed by atoms with E-state index in [0.29, 0.717) is 0 Å². The summed E-state index contributed by atoms with van der Waals surface area (Å²) in [7, 11) is 0. The molecule has 2 heteroatoms. The average Bonchev–Trinajstić information content (AvgIpc) is 3.99. The molecule has 0 saturated carbocycles. The van der Waals surface area contributed by atoms with Crippen LogP contribution < -0.4 is 4.90 Å². The van der Waals surface area contributed by atoms with Gasteiger partial charge in [0.15, 0.2) is 0 Å². The van der Waals surface area contributed by atoms with Crippen LogP contribution in [0.1, 0.15) is 22.3 Å². The van der Waals surface area contributed by atoms with Gasteiger partial charge in [-0.15, -0.1) is 0 Å². The fraction of sp³-hybridized carbons (Fsp3) is 0.0159. The van der Waals surface area contributed by atoms with E-state index in [1.807, 2.05) is 0 Å². The fourth-order valence-electron chi connectivity index (χ4n) is 11.5. The number of furan rings is 1. The average molecular weight is 826 g/mol. The van der Waals surface area contributed by atoms with Crippen molar-refractivity contribution in [3.8, 4) is 44.5 Å². The van der Waals surface area contributed by atoms with Gasteiger partial charge in [0, 0.05) is 27.7 Å². The lowest BCUT2D eigenvalue weighted by Gasteiger charge is -2.32. The van der Waals surface area contributed by atoms with Crippen molar-refractivity contribution in [3.63, 3.8) is 0 Å². The van der Waals surface area contributed by atoms with E-state index in [9.17, 15) is 0 Å². The summed E-state index contributed by atoms with van der Waals surface area (Å²) in [5.41, 5.74) is 19.8. The smallest absolute Gasteiger partial charge is 0.136 e. The van der Waals surface area contributed by atoms with Crippen molar-refractivity contribution in [2.75, 3.05) is 4.90 Å². The van der Waals surface area contributed by atoms with Crippen molar-refractivity contribution in [2.45, 2.75) is 5.41 Å². The molecule has 2 nitrogen and oxygen atoms in total. The normalized spacial score (nSPS) is 13.0. The summed E-state index contributed by atoms with van der Waals surface area (Å²) in [6.07, 6.45) is 0. The first-order chi connectivity index (χ1) is 32.2. The van der Waals surface area contributed by atoms with E-state index in [2.05, 4.69) is 241 Å². The van der Waals surface area contributed by atoms with E-state index in [4.69, 9.17) is 4.42 Å². The van der Waals surface area contributed by atoms with Crippen LogP contribution in [0.25, 0.3) is 88.0 Å². The Labute approximate surface area is 376 Å². The first-order valence-corrected chi connectivity index (χ1v) is 22.5. The van der Waals surface area contributed by atoms with Crippen LogP contribution in [0, 0.1) is 0 Å². The summed E-state index contributed by atoms with van der Waals surface area (Å²) >= 11 is 0. The zero-order valence-electron chi connectivity index (χ0n) is 35.4. The molecule has 302 valence electrons. The molecule has 0 aliphatic heterocycles. The molecule has 0 N–H and O–H groups in total. The molecule has 0 radical (unpaired) electrons. The Bertz CT molecular complexity index is 3840. The van der Waals surface area contributed by atoms with Gasteiger partial charge in [0.25, 0.3) is 0 Å². The maximum Gasteiger partial charge on any atom is 0.136 e. The summed E-state index contributed by atoms with van der Waals surface area (Å²) in [5.74, 6) is 0. The Balaban J connectivity index is 0.998. The lowest BCUT2D eigenvalue weighted by atomic mass is 9.70. The predicted molar refractivity (Wildman–Crippen MR) is 271 cm³/mol. The van der Waals surface area contributed by atoms with E-state index in [0.717, 1.165) is 50.1 Å². The Morgan fingerprint density at radius 2 is 0.815 bits per heavy atom. The van der Waals surface area contributed by atoms with Gasteiger partial charge >= 0.3 is 0 Å². The van der Waals surface area contributed by atoms with Crippen molar-refractivity contribution >= 4 is 60.5 Å². The highest BCUT2D eigenvalue weighted by Gasteiger charge is 2.51. The van der Waals surface area contributed by atoms with Crippen LogP contribution in [-0.2, 0) is 5.41 Å². The molecule has 12 aromatic rings. The third-order valence-electron chi connectivity index (χ3n) is 14.3. The van der Waals surface area contributed by atoms with Crippen LogP contribution in [0.2, 0.25) is 0 Å². The van der Waals surface area contributed by atoms with Gasteiger partial charge in [0.1, 0.15) is 11.2 Å². The topological polar surface area (TPSA) is 16.4 Å². The highest BCUT2D eigenvalue weighted by molar-refractivity contribution is 6.11. The summed E-state index contributed by atoms with van der Waals surface area (Å²) in [6, 6.07) is 87.2. The van der Waals surface area contributed by atoms with Gasteiger partial charge < -0.3 is 9.32 Å². The van der Waals surface area contributed by atoms with E-state index < -0.39 is 5.41 Å². The number of benzene rings is 11. The lowest BCUT2D eigenvalue weighted by Crippen LogP contribution is -2.26. The number of hydrogen-bond donors (Lipinski definition) is 0. The van der Waals surface area contributed by atoms with Crippen molar-refractivity contribution in [3.05, 3.63) is 259 Å². The van der Waals surface area contributed by atoms with Crippen LogP contribution in [-0.4, -0.2) is 0 Å². The quantitative estimate of drug-likeness (QED) is 0.172. The van der Waals surface area contributed by atoms with E-state index >= 15 is 0 Å². The molecule has 1 spiro atoms. The van der Waals surface area contributed by atoms with Gasteiger partial charge in [-0.2, -0.15) is 0 Å². The molecule has 1 heterocycles. The van der Waals surface area contributed by atoms with Crippen molar-refractivity contribution < 1.29 is 4.42 Å². The first-order valence-electron chi connectivity index (χ1n) is 22.5. The summed E-state index contributed by atoms with van der Waals surface area (Å²) in [5, 5.41) is 7.11. The fourth-order valence-corrected chi connectivity index (χ4v) is 11.5. The number of fused-ring (bicyclic) bond motifs is 15. The number of hydrogen-bond acceptors (Lipinski definition) is 2. The minimum atomic E-state index is -0.462. The van der Waals surface area contributed by atoms with Gasteiger partial charge in [0.05, 0.1) is 11.1 Å². The molecule has 2 aliphatic carbocycles. The second-order valence-electron chi connectivity index (χ2n) is 17.6. The van der Waals surface area contributed by atoms with Crippen molar-refractivity contribution in [1.82, 2.24) is 0 Å². The number of anilines is 3. The number of rotatable bonds is 5. The SMILES string of the molecule is c1ccc(N(c2ccc(-c3cccc4ccccc34)cc2)c2ccc3c(c2)C2(c4ccccc4-c4ccccc42)c2ccccc2-3)c(-c2ccc3oc4cc5ccccc5cc4c3c2)c1. The van der Waals surface area contributed by atoms with Crippen LogP contribution in [0.5, 0.6) is 0 Å². The minimum absolute atomic E-state index is 0.462. The van der Waals surface area contributed by atoms with Gasteiger partial charge in [-0.1, -0.05) is 182 Å². The van der Waals surface area contributed by atoms with E-state index in [1.165, 1.54) is 77.2 Å². The maximum atomic E-state index is 6.50. The maximum absolute atomic E-state index is 6.50. The Hall–Kier alpha value is -8.46. The lowest BCUT2D eigenvalue weighted by molar-refractivity contribution is 0.669. The van der Waals surface area contributed by atoms with Gasteiger partial charge in [-0.3, -0.25) is 0 Å². The third kappa shape index (κ3) is 5.17. The largest absolute Gasteiger partial charge is 0.456 e. The van der Waals surface area contributed by atoms with E-state index in [1.54, 1.807) is 0 Å². The molecule has 0 bridgehead atoms. The first kappa shape index (κ1) is 36.1. The Morgan fingerprint density at radius 3 is 1.54 bits per heavy atom. The second kappa shape index (κ2) is 13.8. The summed E-state index contributed by atoms with van der Waals surface area (Å²) in [6.45, 7) is 0. The molecular weight excluding hydrogens is 787 g/mol. The molecule has 0 unspecified atom stereocenters. The molecule has 65 heavy (non-hydrogen) atoms. The van der Waals surface area contributed by atoms with Crippen LogP contribution in [0.3, 0.4) is 0 Å². The number of para-hydroxylation sites is 1. The summed E-state index contributed by atoms with van der Waals surface area (Å²) in [4.78, 5) is 2.47. The molecule has 14 rings (SSSR count). The molecule has 0 atom stereocenters. The van der Waals surface area contributed by atoms with Crippen molar-refractivity contribution in [2.24, 2.45) is 0 Å². The van der Waals surface area contributed by atoms with Crippen LogP contribution in [0.4, 0.5) is 17.1 Å². The highest BCUT2D eigenvalue weighted by atomic mass is 16.3. The Kier molecular flexibility index (Phi) is 7.64. The van der Waals surface area contributed by atoms with Gasteiger partial charge in [-0.25, -0.2) is 0 Å². The predicted octanol–water partition coefficient (Wildman–Crippen LogP) is 17.0. The highest BCUT2D eigenvalue weighted by Crippen LogP contribution is 2.63. The standard InChI is InChI=1S/C63H39NO/c1-2-16-43-38-62-55(36-42(43)15-1)54-37-44(30-35-61(54)65-62)49-19-8-12-27-60(49)64(45-31-28-41(29-32-45)48-23-13-17-40-14-3-4-18-47(40)48)46-33-34-53-52-22-7-11-26-58(52)63(59(53)39-46)56-24-9-5-20-50(56)51-21-6-10-25-57(51)63/h1-39H. The second-order valence-corrected chi connectivity index (χ2v) is 17.6. The van der Waals surface area contributed by atoms with Gasteiger partial charge in [-0.05, 0) is 137 Å². The molecule has 1 aromatic heterocycles. The number of nitrogens with zero attached hydrogens (tertiary/aromatic N) is 1. The zero-order valence-corrected chi connectivity index (χ0v) is 35.4. The van der Waals surface area contributed by atoms with E-state index in [-0.39, 0.29) is 0 Å². The molecule has 0 saturated heterocycles. The molecular formula is C63H39NO. The van der Waals surface area contributed by atoms with Gasteiger partial charge in [0.2, 0.25) is 0 Å². The molecule has 0 fully saturated rings. The van der Waals surface area contributed by atoms with Crippen molar-refractivity contribution in [1.29, 1.82) is 0 Å². The summed E-state index contributed by atoms with van der Waals surface area (Å²) < 4.78 is 6.50. The monoisotopic (exact) mass is 825 g/mol. The minimum Gasteiger partial charge on any atom is -0.456 e. The molecule has 0 amide bonds. The van der Waals surface area contributed by atoms with Crippen LogP contribution >= 0.6 is 0 Å².